The Morgan fingerprint density at radius 1 is 1.62 bits per heavy atom. The van der Waals surface area contributed by atoms with Crippen LogP contribution in [0.1, 0.15) is 19.7 Å². The first-order chi connectivity index (χ1) is 7.56. The lowest BCUT2D eigenvalue weighted by Gasteiger charge is -2.12. The molecular formula is C10H14BrN3O2. The van der Waals surface area contributed by atoms with E-state index in [1.54, 1.807) is 13.0 Å². The maximum absolute atomic E-state index is 11.2. The first-order valence-electron chi connectivity index (χ1n) is 4.94. The molecule has 0 aliphatic rings. The third-order valence-corrected chi connectivity index (χ3v) is 2.38. The average Bonchev–Trinajstić information content (AvgIpc) is 2.26. The van der Waals surface area contributed by atoms with Crippen LogP contribution in [-0.2, 0) is 16.0 Å². The second kappa shape index (κ2) is 5.79. The molecule has 1 rings (SSSR count). The summed E-state index contributed by atoms with van der Waals surface area (Å²) in [6.07, 6.45) is 0.737. The van der Waals surface area contributed by atoms with Gasteiger partial charge in [-0.25, -0.2) is 14.8 Å². The molecule has 0 aliphatic heterocycles. The molecule has 1 aromatic rings. The van der Waals surface area contributed by atoms with Gasteiger partial charge in [0.05, 0.1) is 7.11 Å². The Labute approximate surface area is 103 Å². The number of aromatic nitrogens is 2. The highest BCUT2D eigenvalue weighted by atomic mass is 79.9. The highest BCUT2D eigenvalue weighted by molar-refractivity contribution is 9.10. The van der Waals surface area contributed by atoms with E-state index in [1.165, 1.54) is 7.11 Å². The maximum Gasteiger partial charge on any atom is 0.328 e. The van der Waals surface area contributed by atoms with E-state index in [1.807, 2.05) is 6.92 Å². The molecule has 0 amide bonds. The van der Waals surface area contributed by atoms with Crippen molar-refractivity contribution < 1.29 is 9.53 Å². The number of esters is 1. The highest BCUT2D eigenvalue weighted by Crippen LogP contribution is 2.13. The normalized spacial score (nSPS) is 12.0. The van der Waals surface area contributed by atoms with E-state index >= 15 is 0 Å². The fraction of sp³-hybridized carbons (Fsp3) is 0.500. The molecule has 0 saturated heterocycles. The van der Waals surface area contributed by atoms with Gasteiger partial charge in [0.15, 0.2) is 0 Å². The molecule has 0 saturated carbocycles. The average molecular weight is 288 g/mol. The number of halogens is 1. The molecule has 1 N–H and O–H groups in total. The predicted octanol–water partition coefficient (Wildman–Crippen LogP) is 1.77. The lowest BCUT2D eigenvalue weighted by molar-refractivity contribution is -0.141. The minimum absolute atomic E-state index is 0.326. The number of nitrogens with one attached hydrogen (secondary N) is 1. The molecule has 0 spiro atoms. The minimum Gasteiger partial charge on any atom is -0.467 e. The molecular weight excluding hydrogens is 274 g/mol. The lowest BCUT2D eigenvalue weighted by Crippen LogP contribution is -2.27. The number of nitrogens with zero attached hydrogens (tertiary/aromatic N) is 2. The molecule has 88 valence electrons. The van der Waals surface area contributed by atoms with Crippen LogP contribution in [0, 0.1) is 0 Å². The van der Waals surface area contributed by atoms with Crippen LogP contribution in [0.4, 0.5) is 5.82 Å². The molecule has 1 unspecified atom stereocenters. The molecule has 0 radical (unpaired) electrons. The summed E-state index contributed by atoms with van der Waals surface area (Å²) in [6.45, 7) is 3.68. The van der Waals surface area contributed by atoms with Gasteiger partial charge in [-0.15, -0.1) is 0 Å². The van der Waals surface area contributed by atoms with E-state index < -0.39 is 6.04 Å². The van der Waals surface area contributed by atoms with E-state index in [0.29, 0.717) is 16.2 Å². The Balaban J connectivity index is 2.80. The van der Waals surface area contributed by atoms with E-state index in [9.17, 15) is 4.79 Å². The molecule has 0 aromatic carbocycles. The van der Waals surface area contributed by atoms with Gasteiger partial charge in [-0.3, -0.25) is 0 Å². The molecule has 0 aliphatic carbocycles. The van der Waals surface area contributed by atoms with Crippen LogP contribution in [-0.4, -0.2) is 29.1 Å². The SMILES string of the molecule is CCc1nc(Br)cc(NC(C)C(=O)OC)n1. The number of carbonyl (C=O) groups is 1. The number of hydrogen-bond acceptors (Lipinski definition) is 5. The third-order valence-electron chi connectivity index (χ3n) is 1.98. The Morgan fingerprint density at radius 3 is 2.88 bits per heavy atom. The van der Waals surface area contributed by atoms with E-state index in [4.69, 9.17) is 0 Å². The number of anilines is 1. The summed E-state index contributed by atoms with van der Waals surface area (Å²) in [4.78, 5) is 19.6. The summed E-state index contributed by atoms with van der Waals surface area (Å²) >= 11 is 3.29. The van der Waals surface area contributed by atoms with Crippen molar-refractivity contribution in [2.45, 2.75) is 26.3 Å². The molecule has 6 heteroatoms. The minimum atomic E-state index is -0.434. The van der Waals surface area contributed by atoms with Gasteiger partial charge in [0.2, 0.25) is 0 Å². The Morgan fingerprint density at radius 2 is 2.31 bits per heavy atom. The van der Waals surface area contributed by atoms with Gasteiger partial charge in [-0.1, -0.05) is 6.92 Å². The van der Waals surface area contributed by atoms with Crippen molar-refractivity contribution in [2.75, 3.05) is 12.4 Å². The number of rotatable bonds is 4. The van der Waals surface area contributed by atoms with E-state index in [2.05, 4.69) is 36.0 Å². The van der Waals surface area contributed by atoms with Gasteiger partial charge < -0.3 is 10.1 Å². The van der Waals surface area contributed by atoms with Crippen LogP contribution in [0.2, 0.25) is 0 Å². The number of aryl methyl sites for hydroxylation is 1. The third kappa shape index (κ3) is 3.44. The fourth-order valence-electron chi connectivity index (χ4n) is 1.15. The summed E-state index contributed by atoms with van der Waals surface area (Å²) in [5, 5.41) is 2.95. The summed E-state index contributed by atoms with van der Waals surface area (Å²) in [6, 6.07) is 1.29. The van der Waals surface area contributed by atoms with Crippen molar-refractivity contribution in [3.63, 3.8) is 0 Å². The van der Waals surface area contributed by atoms with Crippen LogP contribution < -0.4 is 5.32 Å². The van der Waals surface area contributed by atoms with Crippen molar-refractivity contribution in [1.82, 2.24) is 9.97 Å². The largest absolute Gasteiger partial charge is 0.467 e. The van der Waals surface area contributed by atoms with Crippen molar-refractivity contribution in [2.24, 2.45) is 0 Å². The lowest BCUT2D eigenvalue weighted by atomic mass is 10.3. The molecule has 5 nitrogen and oxygen atoms in total. The zero-order valence-corrected chi connectivity index (χ0v) is 11.0. The smallest absolute Gasteiger partial charge is 0.328 e. The molecule has 0 fully saturated rings. The number of hydrogen-bond donors (Lipinski definition) is 1. The second-order valence-electron chi connectivity index (χ2n) is 3.23. The standard InChI is InChI=1S/C10H14BrN3O2/c1-4-8-13-7(11)5-9(14-8)12-6(2)10(15)16-3/h5-6H,4H2,1-3H3,(H,12,13,14). The Bertz CT molecular complexity index is 384. The van der Waals surface area contributed by atoms with E-state index in [0.717, 1.165) is 6.42 Å². The number of methoxy groups -OCH3 is 1. The number of ether oxygens (including phenoxy) is 1. The monoisotopic (exact) mass is 287 g/mol. The molecule has 16 heavy (non-hydrogen) atoms. The summed E-state index contributed by atoms with van der Waals surface area (Å²) in [7, 11) is 1.36. The van der Waals surface area contributed by atoms with Gasteiger partial charge in [-0.05, 0) is 22.9 Å². The van der Waals surface area contributed by atoms with Crippen molar-refractivity contribution in [3.8, 4) is 0 Å². The van der Waals surface area contributed by atoms with Gasteiger partial charge >= 0.3 is 5.97 Å². The van der Waals surface area contributed by atoms with E-state index in [-0.39, 0.29) is 5.97 Å². The number of carbonyl (C=O) groups excluding carboxylic acids is 1. The first-order valence-corrected chi connectivity index (χ1v) is 5.74. The zero-order valence-electron chi connectivity index (χ0n) is 9.45. The quantitative estimate of drug-likeness (QED) is 0.675. The molecule has 1 heterocycles. The summed E-state index contributed by atoms with van der Waals surface area (Å²) in [5.74, 6) is 0.998. The van der Waals surface area contributed by atoms with Crippen LogP contribution in [0.15, 0.2) is 10.7 Å². The Hall–Kier alpha value is -1.17. The topological polar surface area (TPSA) is 64.1 Å². The van der Waals surface area contributed by atoms with Crippen molar-refractivity contribution >= 4 is 27.7 Å². The highest BCUT2D eigenvalue weighted by Gasteiger charge is 2.13. The predicted molar refractivity (Wildman–Crippen MR) is 64.2 cm³/mol. The molecule has 1 aromatic heterocycles. The van der Waals surface area contributed by atoms with Crippen molar-refractivity contribution in [1.29, 1.82) is 0 Å². The molecule has 1 atom stereocenters. The van der Waals surface area contributed by atoms with Gasteiger partial charge in [0.1, 0.15) is 22.3 Å². The van der Waals surface area contributed by atoms with Crippen LogP contribution in [0.25, 0.3) is 0 Å². The van der Waals surface area contributed by atoms with Crippen LogP contribution >= 0.6 is 15.9 Å². The maximum atomic E-state index is 11.2. The van der Waals surface area contributed by atoms with Crippen molar-refractivity contribution in [3.05, 3.63) is 16.5 Å². The fourth-order valence-corrected chi connectivity index (χ4v) is 1.58. The summed E-state index contributed by atoms with van der Waals surface area (Å²) < 4.78 is 5.31. The second-order valence-corrected chi connectivity index (χ2v) is 4.05. The van der Waals surface area contributed by atoms with Crippen LogP contribution in [0.3, 0.4) is 0 Å². The summed E-state index contributed by atoms with van der Waals surface area (Å²) in [5.41, 5.74) is 0. The first kappa shape index (κ1) is 12.9. The zero-order chi connectivity index (χ0) is 12.1. The Kier molecular flexibility index (Phi) is 4.67. The van der Waals surface area contributed by atoms with Crippen LogP contribution in [0.5, 0.6) is 0 Å². The van der Waals surface area contributed by atoms with Gasteiger partial charge in [0, 0.05) is 12.5 Å². The van der Waals surface area contributed by atoms with Gasteiger partial charge in [-0.2, -0.15) is 0 Å². The molecule has 0 bridgehead atoms. The van der Waals surface area contributed by atoms with Gasteiger partial charge in [0.25, 0.3) is 0 Å².